The summed E-state index contributed by atoms with van der Waals surface area (Å²) in [6.45, 7) is 2.00. The van der Waals surface area contributed by atoms with Crippen molar-refractivity contribution in [1.29, 1.82) is 0 Å². The molecule has 3 aromatic carbocycles. The standard InChI is InChI=1S/C23H22Cl2N2O4S/c1-17-4-2-7-21(14-17)31-13-12-26-23(28)16-27(20-6-3-5-19(25)15-20)32(29,30)22-10-8-18(24)9-11-22/h2-11,14-15H,12-13,16H2,1H3,(H,26,28). The highest BCUT2D eigenvalue weighted by atomic mass is 35.5. The number of halogens is 2. The van der Waals surface area contributed by atoms with Gasteiger partial charge in [0.2, 0.25) is 5.91 Å². The zero-order valence-electron chi connectivity index (χ0n) is 17.3. The quantitative estimate of drug-likeness (QED) is 0.439. The molecule has 0 saturated carbocycles. The number of amides is 1. The van der Waals surface area contributed by atoms with Gasteiger partial charge in [0.05, 0.1) is 17.1 Å². The van der Waals surface area contributed by atoms with E-state index < -0.39 is 22.5 Å². The lowest BCUT2D eigenvalue weighted by Gasteiger charge is -2.24. The number of hydrogen-bond donors (Lipinski definition) is 1. The van der Waals surface area contributed by atoms with Crippen LogP contribution in [0.4, 0.5) is 5.69 Å². The Morgan fingerprint density at radius 3 is 2.38 bits per heavy atom. The molecule has 0 atom stereocenters. The molecule has 168 valence electrons. The van der Waals surface area contributed by atoms with E-state index in [1.165, 1.54) is 30.3 Å². The summed E-state index contributed by atoms with van der Waals surface area (Å²) in [5.74, 6) is 0.223. The Balaban J connectivity index is 1.71. The molecule has 0 aliphatic carbocycles. The monoisotopic (exact) mass is 492 g/mol. The molecule has 3 aromatic rings. The maximum Gasteiger partial charge on any atom is 0.264 e. The fourth-order valence-electron chi connectivity index (χ4n) is 2.93. The van der Waals surface area contributed by atoms with Crippen molar-refractivity contribution in [2.45, 2.75) is 11.8 Å². The minimum atomic E-state index is -4.04. The second kappa shape index (κ2) is 10.7. The summed E-state index contributed by atoms with van der Waals surface area (Å²) >= 11 is 11.9. The molecular weight excluding hydrogens is 471 g/mol. The van der Waals surface area contributed by atoms with Gasteiger partial charge in [0.25, 0.3) is 10.0 Å². The molecule has 0 aromatic heterocycles. The number of aryl methyl sites for hydroxylation is 1. The van der Waals surface area contributed by atoms with Crippen molar-refractivity contribution in [3.8, 4) is 5.75 Å². The van der Waals surface area contributed by atoms with E-state index in [-0.39, 0.29) is 23.7 Å². The molecule has 0 radical (unpaired) electrons. The van der Waals surface area contributed by atoms with Gasteiger partial charge in [-0.05, 0) is 67.1 Å². The van der Waals surface area contributed by atoms with Crippen LogP contribution in [-0.4, -0.2) is 34.0 Å². The second-order valence-corrected chi connectivity index (χ2v) is 9.70. The smallest absolute Gasteiger partial charge is 0.264 e. The van der Waals surface area contributed by atoms with Gasteiger partial charge in [-0.2, -0.15) is 0 Å². The Kier molecular flexibility index (Phi) is 8.01. The zero-order valence-corrected chi connectivity index (χ0v) is 19.6. The van der Waals surface area contributed by atoms with Crippen molar-refractivity contribution in [3.05, 3.63) is 88.4 Å². The first-order valence-corrected chi connectivity index (χ1v) is 12.0. The Labute approximate surface area is 197 Å². The van der Waals surface area contributed by atoms with Gasteiger partial charge >= 0.3 is 0 Å². The van der Waals surface area contributed by atoms with Crippen molar-refractivity contribution < 1.29 is 17.9 Å². The number of anilines is 1. The predicted octanol–water partition coefficient (Wildman–Crippen LogP) is 4.69. The van der Waals surface area contributed by atoms with E-state index in [0.717, 1.165) is 9.87 Å². The molecule has 6 nitrogen and oxygen atoms in total. The molecule has 0 bridgehead atoms. The first-order valence-electron chi connectivity index (χ1n) is 9.76. The third-order valence-corrected chi connectivity index (χ3v) is 6.74. The molecule has 9 heteroatoms. The topological polar surface area (TPSA) is 75.7 Å². The van der Waals surface area contributed by atoms with Crippen LogP contribution in [0.3, 0.4) is 0 Å². The van der Waals surface area contributed by atoms with Gasteiger partial charge in [0, 0.05) is 10.0 Å². The minimum absolute atomic E-state index is 0.0115. The fourth-order valence-corrected chi connectivity index (χ4v) is 4.65. The molecule has 0 saturated heterocycles. The summed E-state index contributed by atoms with van der Waals surface area (Å²) in [7, 11) is -4.04. The number of carbonyl (C=O) groups is 1. The van der Waals surface area contributed by atoms with Crippen LogP contribution in [0.25, 0.3) is 0 Å². The second-order valence-electron chi connectivity index (χ2n) is 6.96. The lowest BCUT2D eigenvalue weighted by atomic mass is 10.2. The van der Waals surface area contributed by atoms with Crippen molar-refractivity contribution >= 4 is 44.8 Å². The number of hydrogen-bond acceptors (Lipinski definition) is 4. The van der Waals surface area contributed by atoms with Crippen LogP contribution in [0.5, 0.6) is 5.75 Å². The summed E-state index contributed by atoms with van der Waals surface area (Å²) in [5.41, 5.74) is 1.34. The lowest BCUT2D eigenvalue weighted by molar-refractivity contribution is -0.119. The number of ether oxygens (including phenoxy) is 1. The third-order valence-electron chi connectivity index (χ3n) is 4.47. The van der Waals surface area contributed by atoms with Crippen LogP contribution < -0.4 is 14.4 Å². The van der Waals surface area contributed by atoms with Crippen LogP contribution in [0.1, 0.15) is 5.56 Å². The third kappa shape index (κ3) is 6.38. The number of nitrogens with one attached hydrogen (secondary N) is 1. The maximum absolute atomic E-state index is 13.3. The fraction of sp³-hybridized carbons (Fsp3) is 0.174. The number of carbonyl (C=O) groups excluding carboxylic acids is 1. The molecule has 0 unspecified atom stereocenters. The molecule has 3 rings (SSSR count). The normalized spacial score (nSPS) is 11.1. The van der Waals surface area contributed by atoms with E-state index in [0.29, 0.717) is 15.8 Å². The highest BCUT2D eigenvalue weighted by Crippen LogP contribution is 2.26. The largest absolute Gasteiger partial charge is 0.492 e. The van der Waals surface area contributed by atoms with Gasteiger partial charge < -0.3 is 10.1 Å². The Hall–Kier alpha value is -2.74. The van der Waals surface area contributed by atoms with Crippen LogP contribution in [-0.2, 0) is 14.8 Å². The van der Waals surface area contributed by atoms with Gasteiger partial charge in [-0.25, -0.2) is 8.42 Å². The first kappa shape index (κ1) is 23.9. The summed E-state index contributed by atoms with van der Waals surface area (Å²) in [4.78, 5) is 12.6. The molecule has 0 heterocycles. The molecule has 32 heavy (non-hydrogen) atoms. The summed E-state index contributed by atoms with van der Waals surface area (Å²) < 4.78 is 33.2. The van der Waals surface area contributed by atoms with Crippen molar-refractivity contribution in [2.75, 3.05) is 24.0 Å². The van der Waals surface area contributed by atoms with Crippen molar-refractivity contribution in [3.63, 3.8) is 0 Å². The van der Waals surface area contributed by atoms with Gasteiger partial charge in [-0.1, -0.05) is 41.4 Å². The molecule has 1 N–H and O–H groups in total. The SMILES string of the molecule is Cc1cccc(OCCNC(=O)CN(c2cccc(Cl)c2)S(=O)(=O)c2ccc(Cl)cc2)c1. The average Bonchev–Trinajstić information content (AvgIpc) is 2.75. The minimum Gasteiger partial charge on any atom is -0.492 e. The number of sulfonamides is 1. The lowest BCUT2D eigenvalue weighted by Crippen LogP contribution is -2.41. The van der Waals surface area contributed by atoms with Crippen LogP contribution in [0.2, 0.25) is 10.0 Å². The predicted molar refractivity (Wildman–Crippen MR) is 127 cm³/mol. The molecule has 0 fully saturated rings. The Morgan fingerprint density at radius 1 is 0.969 bits per heavy atom. The Morgan fingerprint density at radius 2 is 1.69 bits per heavy atom. The summed E-state index contributed by atoms with van der Waals surface area (Å²) in [6.07, 6.45) is 0. The number of rotatable bonds is 9. The van der Waals surface area contributed by atoms with E-state index in [9.17, 15) is 13.2 Å². The average molecular weight is 493 g/mol. The van der Waals surface area contributed by atoms with Crippen LogP contribution in [0, 0.1) is 6.92 Å². The van der Waals surface area contributed by atoms with Gasteiger partial charge in [0.1, 0.15) is 18.9 Å². The number of nitrogens with zero attached hydrogens (tertiary/aromatic N) is 1. The van der Waals surface area contributed by atoms with Gasteiger partial charge in [-0.3, -0.25) is 9.10 Å². The Bertz CT molecular complexity index is 1180. The van der Waals surface area contributed by atoms with Crippen LogP contribution >= 0.6 is 23.2 Å². The van der Waals surface area contributed by atoms with Crippen molar-refractivity contribution in [1.82, 2.24) is 5.32 Å². The molecular formula is C23H22Cl2N2O4S. The number of benzene rings is 3. The highest BCUT2D eigenvalue weighted by Gasteiger charge is 2.27. The summed E-state index contributed by atoms with van der Waals surface area (Å²) in [6, 6.07) is 19.6. The van der Waals surface area contributed by atoms with Gasteiger partial charge in [0.15, 0.2) is 0 Å². The van der Waals surface area contributed by atoms with E-state index >= 15 is 0 Å². The van der Waals surface area contributed by atoms with Crippen molar-refractivity contribution in [2.24, 2.45) is 0 Å². The zero-order chi connectivity index (χ0) is 23.1. The van der Waals surface area contributed by atoms with Gasteiger partial charge in [-0.15, -0.1) is 0 Å². The van der Waals surface area contributed by atoms with Crippen LogP contribution in [0.15, 0.2) is 77.7 Å². The first-order chi connectivity index (χ1) is 15.3. The molecule has 0 aliphatic rings. The van der Waals surface area contributed by atoms with E-state index in [4.69, 9.17) is 27.9 Å². The van der Waals surface area contributed by atoms with E-state index in [2.05, 4.69) is 5.32 Å². The molecule has 0 aliphatic heterocycles. The molecule has 1 amide bonds. The maximum atomic E-state index is 13.3. The van der Waals surface area contributed by atoms with E-state index in [1.807, 2.05) is 31.2 Å². The molecule has 0 spiro atoms. The van der Waals surface area contributed by atoms with E-state index in [1.54, 1.807) is 18.2 Å². The summed E-state index contributed by atoms with van der Waals surface area (Å²) in [5, 5.41) is 3.45. The highest BCUT2D eigenvalue weighted by molar-refractivity contribution is 7.92.